The summed E-state index contributed by atoms with van der Waals surface area (Å²) in [6.07, 6.45) is 0.295. The van der Waals surface area contributed by atoms with E-state index < -0.39 is 6.04 Å². The number of carbonyl (C=O) groups excluding carboxylic acids is 3. The van der Waals surface area contributed by atoms with E-state index in [2.05, 4.69) is 5.32 Å². The van der Waals surface area contributed by atoms with Crippen molar-refractivity contribution in [2.75, 3.05) is 25.5 Å². The molecule has 1 saturated heterocycles. The standard InChI is InChI=1S/C16H20ClN3O3/c1-4-14(21)18-13-9-11(17)5-6-12(13)16(23)20-8-7-19(3)15(22)10(20)2/h5-6,9-10H,4,7-8H2,1-3H3,(H,18,21)/t10-/m0/s1. The highest BCUT2D eigenvalue weighted by Gasteiger charge is 2.33. The molecule has 23 heavy (non-hydrogen) atoms. The smallest absolute Gasteiger partial charge is 0.256 e. The molecule has 0 aliphatic carbocycles. The van der Waals surface area contributed by atoms with Crippen LogP contribution in [0.5, 0.6) is 0 Å². The maximum Gasteiger partial charge on any atom is 0.256 e. The van der Waals surface area contributed by atoms with Crippen LogP contribution < -0.4 is 5.32 Å². The topological polar surface area (TPSA) is 69.7 Å². The number of benzene rings is 1. The monoisotopic (exact) mass is 337 g/mol. The van der Waals surface area contributed by atoms with Crippen LogP contribution >= 0.6 is 11.6 Å². The lowest BCUT2D eigenvalue weighted by Gasteiger charge is -2.37. The maximum absolute atomic E-state index is 12.8. The van der Waals surface area contributed by atoms with E-state index in [4.69, 9.17) is 11.6 Å². The van der Waals surface area contributed by atoms with Crippen LogP contribution in [0, 0.1) is 0 Å². The van der Waals surface area contributed by atoms with Gasteiger partial charge in [-0.25, -0.2) is 0 Å². The zero-order valence-corrected chi connectivity index (χ0v) is 14.2. The Morgan fingerprint density at radius 1 is 1.35 bits per heavy atom. The van der Waals surface area contributed by atoms with Gasteiger partial charge in [-0.05, 0) is 25.1 Å². The summed E-state index contributed by atoms with van der Waals surface area (Å²) in [5.74, 6) is -0.594. The molecule has 0 unspecified atom stereocenters. The fraction of sp³-hybridized carbons (Fsp3) is 0.438. The third kappa shape index (κ3) is 3.64. The average molecular weight is 338 g/mol. The number of likely N-dealkylation sites (N-methyl/N-ethyl adjacent to an activating group) is 1. The van der Waals surface area contributed by atoms with Crippen molar-refractivity contribution in [3.05, 3.63) is 28.8 Å². The number of halogens is 1. The molecule has 0 saturated carbocycles. The van der Waals surface area contributed by atoms with Crippen molar-refractivity contribution in [2.45, 2.75) is 26.3 Å². The van der Waals surface area contributed by atoms with Crippen LogP contribution in [0.25, 0.3) is 0 Å². The molecular formula is C16H20ClN3O3. The third-order valence-electron chi connectivity index (χ3n) is 3.95. The van der Waals surface area contributed by atoms with Crippen LogP contribution in [0.3, 0.4) is 0 Å². The average Bonchev–Trinajstić information content (AvgIpc) is 2.52. The van der Waals surface area contributed by atoms with E-state index in [1.165, 1.54) is 4.90 Å². The fourth-order valence-corrected chi connectivity index (χ4v) is 2.66. The minimum atomic E-state index is -0.536. The highest BCUT2D eigenvalue weighted by molar-refractivity contribution is 6.31. The van der Waals surface area contributed by atoms with Gasteiger partial charge in [0.15, 0.2) is 0 Å². The zero-order valence-electron chi connectivity index (χ0n) is 13.4. The van der Waals surface area contributed by atoms with Crippen molar-refractivity contribution in [1.82, 2.24) is 9.80 Å². The van der Waals surface area contributed by atoms with Crippen LogP contribution in [0.15, 0.2) is 18.2 Å². The van der Waals surface area contributed by atoms with E-state index in [9.17, 15) is 14.4 Å². The van der Waals surface area contributed by atoms with Gasteiger partial charge in [-0.3, -0.25) is 14.4 Å². The highest BCUT2D eigenvalue weighted by atomic mass is 35.5. The van der Waals surface area contributed by atoms with Crippen molar-refractivity contribution in [3.63, 3.8) is 0 Å². The summed E-state index contributed by atoms with van der Waals surface area (Å²) in [4.78, 5) is 39.7. The molecule has 1 heterocycles. The number of nitrogens with zero attached hydrogens (tertiary/aromatic N) is 2. The Bertz CT molecular complexity index is 647. The largest absolute Gasteiger partial charge is 0.342 e. The fourth-order valence-electron chi connectivity index (χ4n) is 2.49. The van der Waals surface area contributed by atoms with Gasteiger partial charge in [0, 0.05) is 31.6 Å². The van der Waals surface area contributed by atoms with Gasteiger partial charge in [-0.1, -0.05) is 18.5 Å². The highest BCUT2D eigenvalue weighted by Crippen LogP contribution is 2.24. The molecular weight excluding hydrogens is 318 g/mol. The predicted molar refractivity (Wildman–Crippen MR) is 88.5 cm³/mol. The van der Waals surface area contributed by atoms with Gasteiger partial charge >= 0.3 is 0 Å². The Kier molecular flexibility index (Phi) is 5.26. The first-order valence-corrected chi connectivity index (χ1v) is 7.88. The molecule has 1 aliphatic rings. The molecule has 124 valence electrons. The molecule has 1 atom stereocenters. The van der Waals surface area contributed by atoms with Crippen LogP contribution in [-0.4, -0.2) is 53.7 Å². The van der Waals surface area contributed by atoms with Crippen LogP contribution in [0.2, 0.25) is 5.02 Å². The number of anilines is 1. The van der Waals surface area contributed by atoms with Crippen molar-refractivity contribution in [3.8, 4) is 0 Å². The van der Waals surface area contributed by atoms with Gasteiger partial charge in [0.1, 0.15) is 6.04 Å². The molecule has 1 N–H and O–H groups in total. The first-order chi connectivity index (χ1) is 10.8. The Balaban J connectivity index is 2.32. The van der Waals surface area contributed by atoms with Gasteiger partial charge in [-0.2, -0.15) is 0 Å². The van der Waals surface area contributed by atoms with Crippen LogP contribution in [0.4, 0.5) is 5.69 Å². The molecule has 1 aromatic carbocycles. The first kappa shape index (κ1) is 17.3. The second-order valence-corrected chi connectivity index (χ2v) is 5.96. The summed E-state index contributed by atoms with van der Waals surface area (Å²) >= 11 is 5.97. The van der Waals surface area contributed by atoms with E-state index in [0.717, 1.165) is 0 Å². The quantitative estimate of drug-likeness (QED) is 0.917. The van der Waals surface area contributed by atoms with E-state index in [1.807, 2.05) is 0 Å². The van der Waals surface area contributed by atoms with Gasteiger partial charge in [0.25, 0.3) is 5.91 Å². The van der Waals surface area contributed by atoms with Crippen LogP contribution in [0.1, 0.15) is 30.6 Å². The molecule has 6 nitrogen and oxygen atoms in total. The lowest BCUT2D eigenvalue weighted by atomic mass is 10.1. The molecule has 0 bridgehead atoms. The van der Waals surface area contributed by atoms with Gasteiger partial charge < -0.3 is 15.1 Å². The summed E-state index contributed by atoms with van der Waals surface area (Å²) in [5.41, 5.74) is 0.702. The third-order valence-corrected chi connectivity index (χ3v) is 4.18. The zero-order chi connectivity index (χ0) is 17.1. The Hall–Kier alpha value is -2.08. The van der Waals surface area contributed by atoms with E-state index in [1.54, 1.807) is 44.0 Å². The molecule has 3 amide bonds. The van der Waals surface area contributed by atoms with Crippen LogP contribution in [-0.2, 0) is 9.59 Å². The summed E-state index contributed by atoms with van der Waals surface area (Å²) in [7, 11) is 1.72. The predicted octanol–water partition coefficient (Wildman–Crippen LogP) is 1.99. The lowest BCUT2D eigenvalue weighted by molar-refractivity contribution is -0.137. The molecule has 7 heteroatoms. The summed E-state index contributed by atoms with van der Waals surface area (Å²) in [6.45, 7) is 4.36. The Morgan fingerprint density at radius 2 is 2.04 bits per heavy atom. The van der Waals surface area contributed by atoms with E-state index >= 15 is 0 Å². The summed E-state index contributed by atoms with van der Waals surface area (Å²) in [5, 5.41) is 3.12. The Labute approximate surface area is 140 Å². The number of amides is 3. The minimum absolute atomic E-state index is 0.0993. The summed E-state index contributed by atoms with van der Waals surface area (Å²) in [6, 6.07) is 4.18. The Morgan fingerprint density at radius 3 is 2.70 bits per heavy atom. The van der Waals surface area contributed by atoms with Crippen molar-refractivity contribution < 1.29 is 14.4 Å². The first-order valence-electron chi connectivity index (χ1n) is 7.50. The molecule has 1 fully saturated rings. The second-order valence-electron chi connectivity index (χ2n) is 5.53. The number of nitrogens with one attached hydrogen (secondary N) is 1. The molecule has 2 rings (SSSR count). The molecule has 1 aliphatic heterocycles. The van der Waals surface area contributed by atoms with Gasteiger partial charge in [0.2, 0.25) is 11.8 Å². The number of piperazine rings is 1. The second kappa shape index (κ2) is 7.00. The van der Waals surface area contributed by atoms with Crippen molar-refractivity contribution >= 4 is 35.0 Å². The molecule has 0 radical (unpaired) electrons. The summed E-state index contributed by atoms with van der Waals surface area (Å²) < 4.78 is 0. The number of hydrogen-bond acceptors (Lipinski definition) is 3. The normalized spacial score (nSPS) is 18.1. The van der Waals surface area contributed by atoms with E-state index in [-0.39, 0.29) is 17.7 Å². The van der Waals surface area contributed by atoms with Gasteiger partial charge in [-0.15, -0.1) is 0 Å². The SMILES string of the molecule is CCC(=O)Nc1cc(Cl)ccc1C(=O)N1CCN(C)C(=O)[C@@H]1C. The minimum Gasteiger partial charge on any atom is -0.342 e. The molecule has 0 spiro atoms. The van der Waals surface area contributed by atoms with Crippen molar-refractivity contribution in [1.29, 1.82) is 0 Å². The molecule has 1 aromatic rings. The van der Waals surface area contributed by atoms with Gasteiger partial charge in [0.05, 0.1) is 11.3 Å². The number of carbonyl (C=O) groups is 3. The number of hydrogen-bond donors (Lipinski definition) is 1. The maximum atomic E-state index is 12.8. The lowest BCUT2D eigenvalue weighted by Crippen LogP contribution is -2.56. The number of rotatable bonds is 3. The van der Waals surface area contributed by atoms with Crippen molar-refractivity contribution in [2.24, 2.45) is 0 Å². The van der Waals surface area contributed by atoms with E-state index in [0.29, 0.717) is 35.8 Å². The molecule has 0 aromatic heterocycles.